The Kier molecular flexibility index (Phi) is 4.50. The minimum atomic E-state index is -0.449. The summed E-state index contributed by atoms with van der Waals surface area (Å²) >= 11 is 0. The molecule has 1 aromatic carbocycles. The van der Waals surface area contributed by atoms with Gasteiger partial charge in [0, 0.05) is 6.54 Å². The molecule has 0 aromatic heterocycles. The molecule has 0 spiro atoms. The zero-order chi connectivity index (χ0) is 15.5. The molecule has 0 saturated carbocycles. The molecule has 2 rings (SSSR count). The number of benzene rings is 1. The smallest absolute Gasteiger partial charge is 0.410 e. The zero-order valence-electron chi connectivity index (χ0n) is 12.8. The van der Waals surface area contributed by atoms with Gasteiger partial charge in [-0.15, -0.1) is 0 Å². The van der Waals surface area contributed by atoms with Crippen LogP contribution in [0, 0.1) is 6.92 Å². The van der Waals surface area contributed by atoms with Gasteiger partial charge in [0.1, 0.15) is 6.61 Å². The molecule has 0 bridgehead atoms. The quantitative estimate of drug-likeness (QED) is 0.901. The third-order valence-electron chi connectivity index (χ3n) is 3.82. The van der Waals surface area contributed by atoms with Gasteiger partial charge in [0.15, 0.2) is 0 Å². The standard InChI is InChI=1S/C16H22N2O3/c1-12-6-4-5-7-13(12)10-14(19)17-11-16(2,3)18-8-9-21-15(18)20/h4-7H,8-11H2,1-3H3,(H,17,19). The van der Waals surface area contributed by atoms with Gasteiger partial charge < -0.3 is 10.1 Å². The van der Waals surface area contributed by atoms with Crippen molar-refractivity contribution in [3.63, 3.8) is 0 Å². The SMILES string of the molecule is Cc1ccccc1CC(=O)NCC(C)(C)N1CCOC1=O. The third kappa shape index (κ3) is 3.74. The fourth-order valence-corrected chi connectivity index (χ4v) is 2.40. The lowest BCUT2D eigenvalue weighted by Crippen LogP contribution is -2.52. The molecule has 114 valence electrons. The first kappa shape index (κ1) is 15.4. The third-order valence-corrected chi connectivity index (χ3v) is 3.82. The van der Waals surface area contributed by atoms with Crippen molar-refractivity contribution < 1.29 is 14.3 Å². The van der Waals surface area contributed by atoms with Crippen LogP contribution in [0.3, 0.4) is 0 Å². The molecule has 2 amide bonds. The Hall–Kier alpha value is -2.04. The average molecular weight is 290 g/mol. The van der Waals surface area contributed by atoms with E-state index in [4.69, 9.17) is 4.74 Å². The molecule has 1 aliphatic rings. The Morgan fingerprint density at radius 2 is 2.10 bits per heavy atom. The first-order valence-corrected chi connectivity index (χ1v) is 7.16. The van der Waals surface area contributed by atoms with Gasteiger partial charge in [-0.25, -0.2) is 4.79 Å². The predicted molar refractivity (Wildman–Crippen MR) is 80.0 cm³/mol. The van der Waals surface area contributed by atoms with Crippen molar-refractivity contribution >= 4 is 12.0 Å². The number of hydrogen-bond acceptors (Lipinski definition) is 3. The highest BCUT2D eigenvalue weighted by molar-refractivity contribution is 5.79. The van der Waals surface area contributed by atoms with Crippen LogP contribution in [-0.4, -0.2) is 42.1 Å². The van der Waals surface area contributed by atoms with Crippen LogP contribution in [0.2, 0.25) is 0 Å². The summed E-state index contributed by atoms with van der Waals surface area (Å²) in [6.07, 6.45) is 0.0425. The maximum absolute atomic E-state index is 12.1. The molecule has 1 fully saturated rings. The second kappa shape index (κ2) is 6.16. The summed E-state index contributed by atoms with van der Waals surface area (Å²) < 4.78 is 4.94. The van der Waals surface area contributed by atoms with E-state index in [9.17, 15) is 9.59 Å². The Morgan fingerprint density at radius 1 is 1.38 bits per heavy atom. The van der Waals surface area contributed by atoms with E-state index in [0.29, 0.717) is 26.1 Å². The number of amides is 2. The number of carbonyl (C=O) groups excluding carboxylic acids is 2. The lowest BCUT2D eigenvalue weighted by molar-refractivity contribution is -0.120. The maximum Gasteiger partial charge on any atom is 0.410 e. The van der Waals surface area contributed by atoms with E-state index in [1.165, 1.54) is 0 Å². The first-order chi connectivity index (χ1) is 9.90. The minimum Gasteiger partial charge on any atom is -0.448 e. The molecular weight excluding hydrogens is 268 g/mol. The maximum atomic E-state index is 12.1. The highest BCUT2D eigenvalue weighted by Gasteiger charge is 2.35. The monoisotopic (exact) mass is 290 g/mol. The van der Waals surface area contributed by atoms with Crippen molar-refractivity contribution in [1.82, 2.24) is 10.2 Å². The Morgan fingerprint density at radius 3 is 2.71 bits per heavy atom. The predicted octanol–water partition coefficient (Wildman–Crippen LogP) is 1.88. The average Bonchev–Trinajstić information content (AvgIpc) is 2.86. The van der Waals surface area contributed by atoms with Crippen LogP contribution >= 0.6 is 0 Å². The summed E-state index contributed by atoms with van der Waals surface area (Å²) in [4.78, 5) is 25.3. The summed E-state index contributed by atoms with van der Waals surface area (Å²) in [6.45, 7) is 7.24. The van der Waals surface area contributed by atoms with Crippen LogP contribution in [-0.2, 0) is 16.0 Å². The normalized spacial score (nSPS) is 15.0. The van der Waals surface area contributed by atoms with Crippen LogP contribution in [0.4, 0.5) is 4.79 Å². The number of aryl methyl sites for hydroxylation is 1. The van der Waals surface area contributed by atoms with E-state index < -0.39 is 5.54 Å². The van der Waals surface area contributed by atoms with Crippen LogP contribution < -0.4 is 5.32 Å². The van der Waals surface area contributed by atoms with Gasteiger partial charge in [0.25, 0.3) is 0 Å². The summed E-state index contributed by atoms with van der Waals surface area (Å²) in [5.41, 5.74) is 1.68. The van der Waals surface area contributed by atoms with Crippen LogP contribution in [0.25, 0.3) is 0 Å². The molecule has 21 heavy (non-hydrogen) atoms. The van der Waals surface area contributed by atoms with Crippen LogP contribution in [0.1, 0.15) is 25.0 Å². The van der Waals surface area contributed by atoms with Crippen molar-refractivity contribution in [2.45, 2.75) is 32.7 Å². The molecule has 5 heteroatoms. The lowest BCUT2D eigenvalue weighted by atomic mass is 10.0. The van der Waals surface area contributed by atoms with E-state index in [0.717, 1.165) is 11.1 Å². The van der Waals surface area contributed by atoms with E-state index in [2.05, 4.69) is 5.32 Å². The lowest BCUT2D eigenvalue weighted by Gasteiger charge is -2.33. The van der Waals surface area contributed by atoms with Crippen LogP contribution in [0.5, 0.6) is 0 Å². The number of carbonyl (C=O) groups is 2. The number of nitrogens with zero attached hydrogens (tertiary/aromatic N) is 1. The van der Waals surface area contributed by atoms with Gasteiger partial charge in [-0.3, -0.25) is 9.69 Å². The van der Waals surface area contributed by atoms with Crippen molar-refractivity contribution in [3.8, 4) is 0 Å². The molecule has 1 aliphatic heterocycles. The summed E-state index contributed by atoms with van der Waals surface area (Å²) in [5.74, 6) is -0.0371. The fourth-order valence-electron chi connectivity index (χ4n) is 2.40. The van der Waals surface area contributed by atoms with Gasteiger partial charge in [0.05, 0.1) is 18.5 Å². The summed E-state index contributed by atoms with van der Waals surface area (Å²) in [7, 11) is 0. The summed E-state index contributed by atoms with van der Waals surface area (Å²) in [6, 6.07) is 7.84. The molecule has 0 radical (unpaired) electrons. The van der Waals surface area contributed by atoms with Gasteiger partial charge in [-0.05, 0) is 31.9 Å². The Bertz CT molecular complexity index is 540. The molecule has 1 heterocycles. The molecule has 0 atom stereocenters. The first-order valence-electron chi connectivity index (χ1n) is 7.16. The van der Waals surface area contributed by atoms with Gasteiger partial charge in [-0.2, -0.15) is 0 Å². The molecule has 5 nitrogen and oxygen atoms in total. The number of ether oxygens (including phenoxy) is 1. The highest BCUT2D eigenvalue weighted by Crippen LogP contribution is 2.18. The molecule has 0 unspecified atom stereocenters. The van der Waals surface area contributed by atoms with E-state index in [1.54, 1.807) is 4.90 Å². The Labute approximate surface area is 125 Å². The van der Waals surface area contributed by atoms with E-state index in [1.807, 2.05) is 45.0 Å². The van der Waals surface area contributed by atoms with E-state index >= 15 is 0 Å². The second-order valence-corrected chi connectivity index (χ2v) is 5.96. The molecule has 1 N–H and O–H groups in total. The van der Waals surface area contributed by atoms with Crippen molar-refractivity contribution in [1.29, 1.82) is 0 Å². The van der Waals surface area contributed by atoms with Crippen molar-refractivity contribution in [2.24, 2.45) is 0 Å². The van der Waals surface area contributed by atoms with Crippen molar-refractivity contribution in [2.75, 3.05) is 19.7 Å². The molecule has 1 aromatic rings. The van der Waals surface area contributed by atoms with E-state index in [-0.39, 0.29) is 12.0 Å². The molecule has 0 aliphatic carbocycles. The minimum absolute atomic E-state index is 0.0371. The van der Waals surface area contributed by atoms with Gasteiger partial charge in [-0.1, -0.05) is 24.3 Å². The molecule has 1 saturated heterocycles. The van der Waals surface area contributed by atoms with Crippen LogP contribution in [0.15, 0.2) is 24.3 Å². The van der Waals surface area contributed by atoms with Crippen molar-refractivity contribution in [3.05, 3.63) is 35.4 Å². The number of hydrogen-bond donors (Lipinski definition) is 1. The van der Waals surface area contributed by atoms with Gasteiger partial charge in [0.2, 0.25) is 5.91 Å². The molecular formula is C16H22N2O3. The Balaban J connectivity index is 1.89. The number of cyclic esters (lactones) is 1. The number of rotatable bonds is 5. The van der Waals surface area contributed by atoms with Gasteiger partial charge >= 0.3 is 6.09 Å². The largest absolute Gasteiger partial charge is 0.448 e. The number of nitrogens with one attached hydrogen (secondary N) is 1. The summed E-state index contributed by atoms with van der Waals surface area (Å²) in [5, 5.41) is 2.91. The highest BCUT2D eigenvalue weighted by atomic mass is 16.6. The topological polar surface area (TPSA) is 58.6 Å². The zero-order valence-corrected chi connectivity index (χ0v) is 12.8. The fraction of sp³-hybridized carbons (Fsp3) is 0.500. The second-order valence-electron chi connectivity index (χ2n) is 5.96.